The molecule has 10 heteroatoms. The van der Waals surface area contributed by atoms with Gasteiger partial charge in [0.25, 0.3) is 0 Å². The number of amides is 2. The van der Waals surface area contributed by atoms with Crippen LogP contribution < -0.4 is 24.8 Å². The van der Waals surface area contributed by atoms with Gasteiger partial charge in [0.05, 0.1) is 19.1 Å². The maximum absolute atomic E-state index is 13.1. The fourth-order valence-electron chi connectivity index (χ4n) is 3.55. The summed E-state index contributed by atoms with van der Waals surface area (Å²) in [6.07, 6.45) is 1.61. The molecule has 1 aliphatic rings. The van der Waals surface area contributed by atoms with Crippen molar-refractivity contribution in [1.29, 1.82) is 0 Å². The van der Waals surface area contributed by atoms with Crippen LogP contribution in [-0.4, -0.2) is 40.5 Å². The highest BCUT2D eigenvalue weighted by molar-refractivity contribution is 7.89. The molecule has 2 aromatic carbocycles. The fraction of sp³-hybridized carbons (Fsp3) is 0.391. The van der Waals surface area contributed by atoms with Crippen LogP contribution in [0.3, 0.4) is 0 Å². The monoisotopic (exact) mass is 475 g/mol. The van der Waals surface area contributed by atoms with Crippen molar-refractivity contribution in [3.05, 3.63) is 42.0 Å². The van der Waals surface area contributed by atoms with E-state index in [9.17, 15) is 18.0 Å². The zero-order valence-corrected chi connectivity index (χ0v) is 19.9. The molecule has 33 heavy (non-hydrogen) atoms. The number of aryl methyl sites for hydroxylation is 1. The Morgan fingerprint density at radius 3 is 2.30 bits per heavy atom. The Morgan fingerprint density at radius 1 is 1.03 bits per heavy atom. The van der Waals surface area contributed by atoms with Crippen molar-refractivity contribution < 1.29 is 27.5 Å². The number of nitrogens with one attached hydrogen (secondary N) is 3. The average Bonchev–Trinajstić information content (AvgIpc) is 2.96. The minimum absolute atomic E-state index is 0.0406. The molecule has 1 aliphatic heterocycles. The number of fused-ring (bicyclic) bond motifs is 1. The first-order chi connectivity index (χ1) is 15.6. The topological polar surface area (TPSA) is 123 Å². The number of anilines is 2. The Hall–Kier alpha value is -3.11. The van der Waals surface area contributed by atoms with Crippen LogP contribution >= 0.6 is 0 Å². The molecule has 0 bridgehead atoms. The van der Waals surface area contributed by atoms with Crippen molar-refractivity contribution in [3.8, 4) is 11.5 Å². The van der Waals surface area contributed by atoms with Crippen LogP contribution in [0.25, 0.3) is 0 Å². The lowest BCUT2D eigenvalue weighted by molar-refractivity contribution is -0.118. The third-order valence-electron chi connectivity index (χ3n) is 5.36. The summed E-state index contributed by atoms with van der Waals surface area (Å²) in [6.45, 7) is 3.51. The van der Waals surface area contributed by atoms with Gasteiger partial charge in [-0.1, -0.05) is 13.8 Å². The molecule has 1 heterocycles. The van der Waals surface area contributed by atoms with Gasteiger partial charge in [0.15, 0.2) is 0 Å². The number of methoxy groups -OCH3 is 2. The van der Waals surface area contributed by atoms with E-state index in [1.807, 2.05) is 0 Å². The van der Waals surface area contributed by atoms with Gasteiger partial charge in [-0.05, 0) is 42.5 Å². The van der Waals surface area contributed by atoms with Crippen LogP contribution in [0.2, 0.25) is 0 Å². The molecule has 178 valence electrons. The zero-order valence-electron chi connectivity index (χ0n) is 19.1. The lowest BCUT2D eigenvalue weighted by Crippen LogP contribution is -2.47. The number of ether oxygens (including phenoxy) is 2. The quantitative estimate of drug-likeness (QED) is 0.540. The molecule has 9 nitrogen and oxygen atoms in total. The predicted octanol–water partition coefficient (Wildman–Crippen LogP) is 2.92. The summed E-state index contributed by atoms with van der Waals surface area (Å²) in [6, 6.07) is 8.44. The third kappa shape index (κ3) is 6.02. The number of sulfonamides is 1. The molecular weight excluding hydrogens is 446 g/mol. The summed E-state index contributed by atoms with van der Waals surface area (Å²) < 4.78 is 39.2. The molecule has 1 unspecified atom stereocenters. The number of rotatable bonds is 8. The van der Waals surface area contributed by atoms with Gasteiger partial charge in [-0.15, -0.1) is 0 Å². The van der Waals surface area contributed by atoms with Gasteiger partial charge < -0.3 is 20.1 Å². The molecule has 0 saturated carbocycles. The van der Waals surface area contributed by atoms with E-state index in [-0.39, 0.29) is 16.7 Å². The van der Waals surface area contributed by atoms with E-state index in [4.69, 9.17) is 9.47 Å². The van der Waals surface area contributed by atoms with E-state index in [1.54, 1.807) is 44.2 Å². The molecule has 0 spiro atoms. The van der Waals surface area contributed by atoms with Crippen molar-refractivity contribution in [2.24, 2.45) is 5.92 Å². The molecule has 0 aliphatic carbocycles. The van der Waals surface area contributed by atoms with E-state index in [0.29, 0.717) is 42.1 Å². The van der Waals surface area contributed by atoms with Gasteiger partial charge in [-0.3, -0.25) is 9.59 Å². The number of carbonyl (C=O) groups excluding carboxylic acids is 2. The van der Waals surface area contributed by atoms with Crippen LogP contribution in [-0.2, 0) is 26.0 Å². The van der Waals surface area contributed by atoms with Crippen LogP contribution in [0.5, 0.6) is 11.5 Å². The number of hydrogen-bond donors (Lipinski definition) is 3. The van der Waals surface area contributed by atoms with E-state index < -0.39 is 22.0 Å². The second kappa shape index (κ2) is 10.2. The number of hydrogen-bond acceptors (Lipinski definition) is 6. The van der Waals surface area contributed by atoms with Gasteiger partial charge in [-0.2, -0.15) is 4.72 Å². The smallest absolute Gasteiger partial charge is 0.242 e. The zero-order chi connectivity index (χ0) is 24.2. The lowest BCUT2D eigenvalue weighted by Gasteiger charge is -2.22. The summed E-state index contributed by atoms with van der Waals surface area (Å²) in [5.41, 5.74) is 1.78. The molecule has 3 rings (SSSR count). The normalized spacial score (nSPS) is 14.6. The molecule has 1 atom stereocenters. The predicted molar refractivity (Wildman–Crippen MR) is 125 cm³/mol. The highest BCUT2D eigenvalue weighted by Gasteiger charge is 2.29. The van der Waals surface area contributed by atoms with Crippen molar-refractivity contribution >= 4 is 33.2 Å². The summed E-state index contributed by atoms with van der Waals surface area (Å²) in [4.78, 5) is 24.8. The summed E-state index contributed by atoms with van der Waals surface area (Å²) in [7, 11) is -1.00. The van der Waals surface area contributed by atoms with E-state index >= 15 is 0 Å². The Labute approximate surface area is 193 Å². The first kappa shape index (κ1) is 24.5. The summed E-state index contributed by atoms with van der Waals surface area (Å²) in [5, 5.41) is 5.52. The van der Waals surface area contributed by atoms with Gasteiger partial charge in [0, 0.05) is 36.0 Å². The van der Waals surface area contributed by atoms with Crippen molar-refractivity contribution in [1.82, 2.24) is 4.72 Å². The van der Waals surface area contributed by atoms with Crippen LogP contribution in [0.1, 0.15) is 32.3 Å². The fourth-order valence-corrected chi connectivity index (χ4v) is 4.94. The largest absolute Gasteiger partial charge is 0.497 e. The van der Waals surface area contributed by atoms with Gasteiger partial charge in [0.2, 0.25) is 21.8 Å². The minimum atomic E-state index is -4.00. The first-order valence-corrected chi connectivity index (χ1v) is 12.1. The van der Waals surface area contributed by atoms with Crippen LogP contribution in [0.15, 0.2) is 41.3 Å². The summed E-state index contributed by atoms with van der Waals surface area (Å²) in [5.74, 6) is 0.0540. The van der Waals surface area contributed by atoms with Crippen LogP contribution in [0, 0.1) is 5.92 Å². The van der Waals surface area contributed by atoms with E-state index in [1.165, 1.54) is 20.3 Å². The van der Waals surface area contributed by atoms with Gasteiger partial charge in [0.1, 0.15) is 17.5 Å². The lowest BCUT2D eigenvalue weighted by atomic mass is 10.0. The molecule has 0 saturated heterocycles. The van der Waals surface area contributed by atoms with Gasteiger partial charge >= 0.3 is 0 Å². The first-order valence-electron chi connectivity index (χ1n) is 10.6. The van der Waals surface area contributed by atoms with Crippen LogP contribution in [0.4, 0.5) is 11.4 Å². The SMILES string of the molecule is COc1cc(NC(=O)C(NS(=O)(=O)c2ccc3c(c2)CCCC(=O)N3)C(C)C)cc(OC)c1. The Bertz CT molecular complexity index is 1120. The Balaban J connectivity index is 1.82. The highest BCUT2D eigenvalue weighted by Crippen LogP contribution is 2.27. The molecule has 0 fully saturated rings. The molecule has 2 amide bonds. The van der Waals surface area contributed by atoms with E-state index in [0.717, 1.165) is 5.56 Å². The number of benzene rings is 2. The summed E-state index contributed by atoms with van der Waals surface area (Å²) >= 11 is 0. The van der Waals surface area contributed by atoms with Crippen molar-refractivity contribution in [2.45, 2.75) is 44.0 Å². The van der Waals surface area contributed by atoms with Crippen molar-refractivity contribution in [2.75, 3.05) is 24.9 Å². The average molecular weight is 476 g/mol. The maximum atomic E-state index is 13.1. The Morgan fingerprint density at radius 2 is 1.70 bits per heavy atom. The standard InChI is InChI=1S/C23H29N3O6S/c1-14(2)22(23(28)24-16-11-17(31-3)13-18(12-16)32-4)26-33(29,30)19-8-9-20-15(10-19)6-5-7-21(27)25-20/h8-14,22,26H,5-7H2,1-4H3,(H,24,28)(H,25,27). The highest BCUT2D eigenvalue weighted by atomic mass is 32.2. The molecule has 3 N–H and O–H groups in total. The Kier molecular flexibility index (Phi) is 7.60. The molecule has 2 aromatic rings. The second-order valence-electron chi connectivity index (χ2n) is 8.15. The molecule has 0 radical (unpaired) electrons. The minimum Gasteiger partial charge on any atom is -0.497 e. The molecule has 0 aromatic heterocycles. The van der Waals surface area contributed by atoms with Gasteiger partial charge in [-0.25, -0.2) is 8.42 Å². The maximum Gasteiger partial charge on any atom is 0.242 e. The van der Waals surface area contributed by atoms with E-state index in [2.05, 4.69) is 15.4 Å². The molecular formula is C23H29N3O6S. The number of carbonyl (C=O) groups is 2. The van der Waals surface area contributed by atoms with Crippen molar-refractivity contribution in [3.63, 3.8) is 0 Å². The third-order valence-corrected chi connectivity index (χ3v) is 6.80. The second-order valence-corrected chi connectivity index (χ2v) is 9.87.